The molecule has 8 heteroatoms. The van der Waals surface area contributed by atoms with E-state index in [1.165, 1.54) is 24.3 Å². The molecule has 1 aliphatic rings. The largest absolute Gasteiger partial charge is 0.377 e. The molecule has 0 saturated carbocycles. The summed E-state index contributed by atoms with van der Waals surface area (Å²) < 4.78 is 13.1. The molecule has 1 heterocycles. The van der Waals surface area contributed by atoms with Gasteiger partial charge in [-0.25, -0.2) is 4.39 Å². The Morgan fingerprint density at radius 2 is 1.75 bits per heavy atom. The van der Waals surface area contributed by atoms with E-state index in [1.807, 2.05) is 13.8 Å². The molecule has 0 bridgehead atoms. The van der Waals surface area contributed by atoms with Crippen LogP contribution in [-0.4, -0.2) is 48.0 Å². The van der Waals surface area contributed by atoms with Crippen LogP contribution in [0.4, 0.5) is 21.5 Å². The predicted molar refractivity (Wildman–Crippen MR) is 106 cm³/mol. The molecule has 1 saturated heterocycles. The Morgan fingerprint density at radius 3 is 2.32 bits per heavy atom. The zero-order valence-electron chi connectivity index (χ0n) is 15.9. The SMILES string of the molecule is CC(C)Nc1cc(C(=O)N2CCN(c3ccc(F)cc3)CC2)ccc1[N+](=O)[O-]. The van der Waals surface area contributed by atoms with Gasteiger partial charge in [-0.1, -0.05) is 0 Å². The maximum atomic E-state index is 13.1. The van der Waals surface area contributed by atoms with Crippen molar-refractivity contribution in [2.45, 2.75) is 19.9 Å². The zero-order valence-corrected chi connectivity index (χ0v) is 15.9. The van der Waals surface area contributed by atoms with E-state index in [0.29, 0.717) is 37.4 Å². The van der Waals surface area contributed by atoms with E-state index in [1.54, 1.807) is 23.1 Å². The average molecular weight is 386 g/mol. The van der Waals surface area contributed by atoms with E-state index >= 15 is 0 Å². The lowest BCUT2D eigenvalue weighted by Gasteiger charge is -2.36. The summed E-state index contributed by atoms with van der Waals surface area (Å²) in [5.41, 5.74) is 1.64. The van der Waals surface area contributed by atoms with Gasteiger partial charge in [0.2, 0.25) is 0 Å². The number of benzene rings is 2. The first-order chi connectivity index (χ1) is 13.3. The van der Waals surface area contributed by atoms with Gasteiger partial charge in [0.05, 0.1) is 4.92 Å². The van der Waals surface area contributed by atoms with Gasteiger partial charge in [0.15, 0.2) is 0 Å². The van der Waals surface area contributed by atoms with Gasteiger partial charge < -0.3 is 15.1 Å². The molecule has 0 unspecified atom stereocenters. The topological polar surface area (TPSA) is 78.7 Å². The van der Waals surface area contributed by atoms with Crippen LogP contribution in [0.3, 0.4) is 0 Å². The van der Waals surface area contributed by atoms with Crippen LogP contribution < -0.4 is 10.2 Å². The number of hydrogen-bond acceptors (Lipinski definition) is 5. The predicted octanol–water partition coefficient (Wildman–Crippen LogP) is 3.52. The summed E-state index contributed by atoms with van der Waals surface area (Å²) in [4.78, 5) is 27.5. The normalized spacial score (nSPS) is 14.3. The maximum Gasteiger partial charge on any atom is 0.292 e. The average Bonchev–Trinajstić information content (AvgIpc) is 2.67. The number of rotatable bonds is 5. The molecular formula is C20H23FN4O3. The Bertz CT molecular complexity index is 862. The van der Waals surface area contributed by atoms with Crippen molar-refractivity contribution in [1.82, 2.24) is 4.90 Å². The van der Waals surface area contributed by atoms with Crippen LogP contribution in [0.1, 0.15) is 24.2 Å². The second-order valence-electron chi connectivity index (χ2n) is 7.04. The molecule has 0 radical (unpaired) electrons. The molecule has 3 rings (SSSR count). The van der Waals surface area contributed by atoms with E-state index < -0.39 is 4.92 Å². The number of anilines is 2. The first-order valence-electron chi connectivity index (χ1n) is 9.20. The summed E-state index contributed by atoms with van der Waals surface area (Å²) in [5.74, 6) is -0.429. The summed E-state index contributed by atoms with van der Waals surface area (Å²) in [6.07, 6.45) is 0. The third kappa shape index (κ3) is 4.39. The van der Waals surface area contributed by atoms with Crippen molar-refractivity contribution >= 4 is 23.0 Å². The maximum absolute atomic E-state index is 13.1. The lowest BCUT2D eigenvalue weighted by Crippen LogP contribution is -2.48. The van der Waals surface area contributed by atoms with Crippen molar-refractivity contribution in [2.75, 3.05) is 36.4 Å². The van der Waals surface area contributed by atoms with Crippen molar-refractivity contribution < 1.29 is 14.1 Å². The molecule has 0 spiro atoms. The van der Waals surface area contributed by atoms with Crippen molar-refractivity contribution in [1.29, 1.82) is 0 Å². The molecule has 7 nitrogen and oxygen atoms in total. The summed E-state index contributed by atoms with van der Waals surface area (Å²) >= 11 is 0. The first-order valence-corrected chi connectivity index (χ1v) is 9.20. The summed E-state index contributed by atoms with van der Waals surface area (Å²) in [6, 6.07) is 10.7. The molecule has 1 N–H and O–H groups in total. The number of nitrogens with zero attached hydrogens (tertiary/aromatic N) is 3. The quantitative estimate of drug-likeness (QED) is 0.628. The molecule has 1 amide bonds. The number of nitro groups is 1. The highest BCUT2D eigenvalue weighted by molar-refractivity contribution is 5.96. The van der Waals surface area contributed by atoms with Gasteiger partial charge in [-0.05, 0) is 50.2 Å². The fourth-order valence-corrected chi connectivity index (χ4v) is 3.26. The minimum absolute atomic E-state index is 0.00306. The van der Waals surface area contributed by atoms with E-state index in [9.17, 15) is 19.3 Å². The molecule has 1 fully saturated rings. The van der Waals surface area contributed by atoms with Crippen LogP contribution in [-0.2, 0) is 0 Å². The van der Waals surface area contributed by atoms with Gasteiger partial charge in [0, 0.05) is 49.5 Å². The fraction of sp³-hybridized carbons (Fsp3) is 0.350. The van der Waals surface area contributed by atoms with Crippen molar-refractivity contribution in [3.05, 3.63) is 64.0 Å². The third-order valence-electron chi connectivity index (χ3n) is 4.64. The van der Waals surface area contributed by atoms with Crippen LogP contribution in [0.15, 0.2) is 42.5 Å². The Labute approximate surface area is 162 Å². The number of nitrogens with one attached hydrogen (secondary N) is 1. The Morgan fingerprint density at radius 1 is 1.11 bits per heavy atom. The van der Waals surface area contributed by atoms with E-state index in [2.05, 4.69) is 10.2 Å². The number of amides is 1. The molecule has 1 aliphatic heterocycles. The lowest BCUT2D eigenvalue weighted by molar-refractivity contribution is -0.384. The summed E-state index contributed by atoms with van der Waals surface area (Å²) in [5, 5.41) is 14.3. The fourth-order valence-electron chi connectivity index (χ4n) is 3.26. The minimum Gasteiger partial charge on any atom is -0.377 e. The molecule has 0 atom stereocenters. The highest BCUT2D eigenvalue weighted by atomic mass is 19.1. The van der Waals surface area contributed by atoms with Crippen LogP contribution in [0.25, 0.3) is 0 Å². The second kappa shape index (κ2) is 8.24. The van der Waals surface area contributed by atoms with Crippen molar-refractivity contribution in [3.63, 3.8) is 0 Å². The number of carbonyl (C=O) groups excluding carboxylic acids is 1. The Hall–Kier alpha value is -3.16. The first kappa shape index (κ1) is 19.6. The van der Waals surface area contributed by atoms with Crippen molar-refractivity contribution in [3.8, 4) is 0 Å². The summed E-state index contributed by atoms with van der Waals surface area (Å²) in [6.45, 7) is 6.10. The highest BCUT2D eigenvalue weighted by Gasteiger charge is 2.24. The zero-order chi connectivity index (χ0) is 20.3. The van der Waals surface area contributed by atoms with Crippen molar-refractivity contribution in [2.24, 2.45) is 0 Å². The molecular weight excluding hydrogens is 363 g/mol. The number of hydrogen-bond donors (Lipinski definition) is 1. The Kier molecular flexibility index (Phi) is 5.77. The van der Waals surface area contributed by atoms with Crippen LogP contribution in [0, 0.1) is 15.9 Å². The Balaban J connectivity index is 1.70. The van der Waals surface area contributed by atoms with E-state index in [-0.39, 0.29) is 23.5 Å². The minimum atomic E-state index is -0.458. The second-order valence-corrected chi connectivity index (χ2v) is 7.04. The number of piperazine rings is 1. The van der Waals surface area contributed by atoms with Gasteiger partial charge in [0.1, 0.15) is 11.5 Å². The molecule has 28 heavy (non-hydrogen) atoms. The smallest absolute Gasteiger partial charge is 0.292 e. The number of carbonyl (C=O) groups is 1. The standard InChI is InChI=1S/C20H23FN4O3/c1-14(2)22-18-13-15(3-8-19(18)25(27)28)20(26)24-11-9-23(10-12-24)17-6-4-16(21)5-7-17/h3-8,13-14,22H,9-12H2,1-2H3. The molecule has 0 aromatic heterocycles. The lowest BCUT2D eigenvalue weighted by atomic mass is 10.1. The monoisotopic (exact) mass is 386 g/mol. The van der Waals surface area contributed by atoms with Gasteiger partial charge in [-0.3, -0.25) is 14.9 Å². The number of halogens is 1. The highest BCUT2D eigenvalue weighted by Crippen LogP contribution is 2.27. The van der Waals surface area contributed by atoms with Gasteiger partial charge >= 0.3 is 0 Å². The third-order valence-corrected chi connectivity index (χ3v) is 4.64. The molecule has 2 aromatic rings. The number of nitro benzene ring substituents is 1. The van der Waals surface area contributed by atoms with Crippen LogP contribution >= 0.6 is 0 Å². The van der Waals surface area contributed by atoms with Crippen LogP contribution in [0.2, 0.25) is 0 Å². The molecule has 148 valence electrons. The van der Waals surface area contributed by atoms with Gasteiger partial charge in [-0.15, -0.1) is 0 Å². The van der Waals surface area contributed by atoms with E-state index in [4.69, 9.17) is 0 Å². The van der Waals surface area contributed by atoms with Crippen LogP contribution in [0.5, 0.6) is 0 Å². The summed E-state index contributed by atoms with van der Waals surface area (Å²) in [7, 11) is 0. The van der Waals surface area contributed by atoms with Gasteiger partial charge in [0.25, 0.3) is 11.6 Å². The van der Waals surface area contributed by atoms with Gasteiger partial charge in [-0.2, -0.15) is 0 Å². The molecule has 2 aromatic carbocycles. The molecule has 0 aliphatic carbocycles. The van der Waals surface area contributed by atoms with E-state index in [0.717, 1.165) is 5.69 Å².